The molecule has 0 spiro atoms. The Balaban J connectivity index is 1.12. The van der Waals surface area contributed by atoms with Crippen LogP contribution in [0.4, 0.5) is 0 Å². The Morgan fingerprint density at radius 1 is 0.310 bits per heavy atom. The lowest BCUT2D eigenvalue weighted by molar-refractivity contribution is -0.661. The standard InChI is InChI=1S/C55H54N3/c1-39-15-7-10-18-48(39)53-30-27-42(36-56(53)4)23-25-44-33-45(26-24-43-28-31-54(57(5)37-43)49-19-11-8-16-40(49)2)35-47(34-44)52-22-14-13-21-51(52)46-29-32-55(58(6)38-46)50-20-12-9-17-41(50)3/h7-22,27-38H,23-26H2,1-6H3/q+3. The molecule has 3 heterocycles. The maximum absolute atomic E-state index is 2.45. The summed E-state index contributed by atoms with van der Waals surface area (Å²) in [6, 6.07) is 55.9. The molecule has 0 radical (unpaired) electrons. The van der Waals surface area contributed by atoms with Gasteiger partial charge in [0.05, 0.1) is 0 Å². The van der Waals surface area contributed by atoms with Crippen LogP contribution < -0.4 is 13.7 Å². The molecule has 0 bridgehead atoms. The highest BCUT2D eigenvalue weighted by atomic mass is 14.9. The third-order valence-electron chi connectivity index (χ3n) is 11.8. The molecule has 58 heavy (non-hydrogen) atoms. The molecule has 286 valence electrons. The molecular weight excluding hydrogens is 703 g/mol. The van der Waals surface area contributed by atoms with Crippen LogP contribution in [0.15, 0.2) is 170 Å². The number of aryl methyl sites for hydroxylation is 10. The minimum atomic E-state index is 0.965. The van der Waals surface area contributed by atoms with Crippen molar-refractivity contribution >= 4 is 0 Å². The summed E-state index contributed by atoms with van der Waals surface area (Å²) in [5.74, 6) is 0. The Kier molecular flexibility index (Phi) is 11.2. The monoisotopic (exact) mass is 756 g/mol. The molecule has 0 saturated carbocycles. The highest BCUT2D eigenvalue weighted by Crippen LogP contribution is 2.34. The first-order valence-electron chi connectivity index (χ1n) is 20.6. The van der Waals surface area contributed by atoms with Crippen molar-refractivity contribution < 1.29 is 13.7 Å². The number of benzene rings is 5. The molecule has 0 unspecified atom stereocenters. The molecule has 0 N–H and O–H groups in total. The number of rotatable bonds is 11. The van der Waals surface area contributed by atoms with Gasteiger partial charge in [-0.2, -0.15) is 0 Å². The van der Waals surface area contributed by atoms with Crippen molar-refractivity contribution in [3.63, 3.8) is 0 Å². The fourth-order valence-electron chi connectivity index (χ4n) is 8.58. The molecule has 0 atom stereocenters. The highest BCUT2D eigenvalue weighted by Gasteiger charge is 2.18. The molecule has 8 rings (SSSR count). The van der Waals surface area contributed by atoms with E-state index in [1.54, 1.807) is 0 Å². The summed E-state index contributed by atoms with van der Waals surface area (Å²) in [4.78, 5) is 0. The molecule has 5 aromatic carbocycles. The third kappa shape index (κ3) is 8.31. The maximum atomic E-state index is 2.45. The number of pyridine rings is 3. The lowest BCUT2D eigenvalue weighted by Crippen LogP contribution is -2.31. The van der Waals surface area contributed by atoms with E-state index >= 15 is 0 Å². The van der Waals surface area contributed by atoms with E-state index in [1.165, 1.54) is 95.0 Å². The van der Waals surface area contributed by atoms with Crippen molar-refractivity contribution in [1.82, 2.24) is 0 Å². The SMILES string of the molecule is Cc1ccccc1-c1ccc(CCc2cc(CCc3ccc(-c4ccccc4C)[n+](C)c3)cc(-c3ccccc3-c3ccc(-c4ccccc4C)[n+](C)c3)c2)c[n+]1C. The van der Waals surface area contributed by atoms with Crippen LogP contribution in [0.2, 0.25) is 0 Å². The molecular formula is C55H54N3+3. The summed E-state index contributed by atoms with van der Waals surface area (Å²) in [5.41, 5.74) is 21.8. The largest absolute Gasteiger partial charge is 0.212 e. The van der Waals surface area contributed by atoms with Crippen molar-refractivity contribution in [2.24, 2.45) is 21.1 Å². The van der Waals surface area contributed by atoms with Crippen molar-refractivity contribution in [2.45, 2.75) is 46.5 Å². The van der Waals surface area contributed by atoms with Gasteiger partial charge in [0.2, 0.25) is 17.1 Å². The molecule has 3 aromatic heterocycles. The molecule has 0 fully saturated rings. The van der Waals surface area contributed by atoms with Gasteiger partial charge in [0.1, 0.15) is 21.1 Å². The van der Waals surface area contributed by atoms with Crippen molar-refractivity contribution in [2.75, 3.05) is 0 Å². The predicted molar refractivity (Wildman–Crippen MR) is 239 cm³/mol. The quantitative estimate of drug-likeness (QED) is 0.117. The summed E-state index contributed by atoms with van der Waals surface area (Å²) < 4.78 is 6.83. The predicted octanol–water partition coefficient (Wildman–Crippen LogP) is 11.0. The zero-order valence-corrected chi connectivity index (χ0v) is 34.8. The zero-order chi connectivity index (χ0) is 40.2. The van der Waals surface area contributed by atoms with Gasteiger partial charge in [0, 0.05) is 51.6 Å². The molecule has 8 aromatic rings. The lowest BCUT2D eigenvalue weighted by Gasteiger charge is -2.14. The van der Waals surface area contributed by atoms with Crippen LogP contribution in [-0.4, -0.2) is 0 Å². The molecule has 0 aliphatic rings. The first kappa shape index (κ1) is 38.4. The van der Waals surface area contributed by atoms with Crippen molar-refractivity contribution in [3.8, 4) is 56.0 Å². The van der Waals surface area contributed by atoms with E-state index in [1.807, 2.05) is 0 Å². The summed E-state index contributed by atoms with van der Waals surface area (Å²) in [6.45, 7) is 6.56. The second-order valence-corrected chi connectivity index (χ2v) is 16.0. The van der Waals surface area contributed by atoms with E-state index in [4.69, 9.17) is 0 Å². The van der Waals surface area contributed by atoms with E-state index in [0.717, 1.165) is 25.7 Å². The second-order valence-electron chi connectivity index (χ2n) is 16.0. The Bertz CT molecular complexity index is 2640. The average molecular weight is 757 g/mol. The van der Waals surface area contributed by atoms with Crippen LogP contribution in [-0.2, 0) is 46.8 Å². The van der Waals surface area contributed by atoms with Gasteiger partial charge in [-0.05, 0) is 127 Å². The second kappa shape index (κ2) is 17.0. The van der Waals surface area contributed by atoms with Crippen LogP contribution in [0.25, 0.3) is 56.0 Å². The Labute approximate surface area is 345 Å². The first-order valence-corrected chi connectivity index (χ1v) is 20.6. The zero-order valence-electron chi connectivity index (χ0n) is 34.8. The summed E-state index contributed by atoms with van der Waals surface area (Å²) >= 11 is 0. The Hall–Kier alpha value is -6.45. The number of aromatic nitrogens is 3. The van der Waals surface area contributed by atoms with E-state index in [9.17, 15) is 0 Å². The molecule has 0 amide bonds. The van der Waals surface area contributed by atoms with E-state index in [2.05, 4.69) is 226 Å². The van der Waals surface area contributed by atoms with Gasteiger partial charge < -0.3 is 0 Å². The fraction of sp³-hybridized carbons (Fsp3) is 0.182. The number of hydrogen-bond acceptors (Lipinski definition) is 0. The topological polar surface area (TPSA) is 11.6 Å². The van der Waals surface area contributed by atoms with Gasteiger partial charge in [0.15, 0.2) is 18.6 Å². The molecule has 3 heteroatoms. The van der Waals surface area contributed by atoms with E-state index in [-0.39, 0.29) is 0 Å². The van der Waals surface area contributed by atoms with Crippen molar-refractivity contribution in [3.05, 3.63) is 209 Å². The smallest absolute Gasteiger partial charge is 0.201 e. The maximum Gasteiger partial charge on any atom is 0.212 e. The number of hydrogen-bond donors (Lipinski definition) is 0. The van der Waals surface area contributed by atoms with Gasteiger partial charge in [-0.15, -0.1) is 0 Å². The normalized spacial score (nSPS) is 11.2. The highest BCUT2D eigenvalue weighted by molar-refractivity contribution is 5.84. The minimum absolute atomic E-state index is 0.965. The lowest BCUT2D eigenvalue weighted by atomic mass is 9.90. The van der Waals surface area contributed by atoms with Gasteiger partial charge in [-0.1, -0.05) is 97.1 Å². The van der Waals surface area contributed by atoms with Gasteiger partial charge in [-0.25, -0.2) is 13.7 Å². The third-order valence-corrected chi connectivity index (χ3v) is 11.8. The van der Waals surface area contributed by atoms with Gasteiger partial charge in [0.25, 0.3) is 0 Å². The van der Waals surface area contributed by atoms with Crippen LogP contribution >= 0.6 is 0 Å². The molecule has 0 saturated heterocycles. The number of nitrogens with zero attached hydrogens (tertiary/aromatic N) is 3. The van der Waals surface area contributed by atoms with E-state index in [0.29, 0.717) is 0 Å². The molecule has 3 nitrogen and oxygen atoms in total. The van der Waals surface area contributed by atoms with Gasteiger partial charge in [-0.3, -0.25) is 0 Å². The summed E-state index contributed by atoms with van der Waals surface area (Å²) in [5, 5.41) is 0. The van der Waals surface area contributed by atoms with Crippen LogP contribution in [0, 0.1) is 20.8 Å². The first-order chi connectivity index (χ1) is 28.2. The summed E-state index contributed by atoms with van der Waals surface area (Å²) in [7, 11) is 6.50. The summed E-state index contributed by atoms with van der Waals surface area (Å²) in [6.07, 6.45) is 10.8. The molecule has 0 aliphatic heterocycles. The Morgan fingerprint density at radius 3 is 1.05 bits per heavy atom. The van der Waals surface area contributed by atoms with Crippen molar-refractivity contribution in [1.29, 1.82) is 0 Å². The molecule has 0 aliphatic carbocycles. The fourth-order valence-corrected chi connectivity index (χ4v) is 8.58. The van der Waals surface area contributed by atoms with Crippen LogP contribution in [0.5, 0.6) is 0 Å². The average Bonchev–Trinajstić information content (AvgIpc) is 3.23. The van der Waals surface area contributed by atoms with Crippen LogP contribution in [0.3, 0.4) is 0 Å². The van der Waals surface area contributed by atoms with Crippen LogP contribution in [0.1, 0.15) is 38.9 Å². The van der Waals surface area contributed by atoms with E-state index < -0.39 is 0 Å². The van der Waals surface area contributed by atoms with Gasteiger partial charge >= 0.3 is 0 Å². The minimum Gasteiger partial charge on any atom is -0.201 e. The Morgan fingerprint density at radius 2 is 0.655 bits per heavy atom.